The number of rotatable bonds is 13. The molecule has 0 aliphatic carbocycles. The lowest BCUT2D eigenvalue weighted by Gasteiger charge is -2.12. The number of Topliss-reactive ketones (excluding diaryl/α,β-unsaturated/α-hetero) is 1. The first-order chi connectivity index (χ1) is 18.4. The SMILES string of the molecule is CCCCCCCC(=O)c1cccc(-c2cccc(-n3ncc(C(=O)O)c3CCc3cn(C)nn3)c2)c1F. The van der Waals surface area contributed by atoms with E-state index in [-0.39, 0.29) is 16.9 Å². The molecule has 4 aromatic rings. The van der Waals surface area contributed by atoms with Gasteiger partial charge in [0.25, 0.3) is 0 Å². The summed E-state index contributed by atoms with van der Waals surface area (Å²) in [5.74, 6) is -1.81. The minimum atomic E-state index is -1.08. The van der Waals surface area contributed by atoms with Gasteiger partial charge in [-0.25, -0.2) is 13.9 Å². The van der Waals surface area contributed by atoms with Crippen molar-refractivity contribution in [1.29, 1.82) is 0 Å². The first kappa shape index (κ1) is 26.9. The first-order valence-corrected chi connectivity index (χ1v) is 13.0. The molecule has 0 radical (unpaired) electrons. The highest BCUT2D eigenvalue weighted by Gasteiger charge is 2.20. The predicted octanol–water partition coefficient (Wildman–Crippen LogP) is 5.83. The number of carbonyl (C=O) groups is 2. The van der Waals surface area contributed by atoms with Crippen LogP contribution in [0.5, 0.6) is 0 Å². The van der Waals surface area contributed by atoms with Gasteiger partial charge in [0.1, 0.15) is 11.4 Å². The van der Waals surface area contributed by atoms with Crippen LogP contribution in [0.15, 0.2) is 54.9 Å². The minimum absolute atomic E-state index is 0.0944. The number of aromatic nitrogens is 5. The number of benzene rings is 2. The van der Waals surface area contributed by atoms with Crippen molar-refractivity contribution >= 4 is 11.8 Å². The van der Waals surface area contributed by atoms with Gasteiger partial charge < -0.3 is 5.11 Å². The average Bonchev–Trinajstić information content (AvgIpc) is 3.53. The van der Waals surface area contributed by atoms with Crippen molar-refractivity contribution in [3.63, 3.8) is 0 Å². The third-order valence-corrected chi connectivity index (χ3v) is 6.58. The van der Waals surface area contributed by atoms with Gasteiger partial charge in [0.2, 0.25) is 0 Å². The van der Waals surface area contributed by atoms with E-state index in [0.717, 1.165) is 37.8 Å². The molecule has 198 valence electrons. The Hall–Kier alpha value is -4.14. The molecule has 8 nitrogen and oxygen atoms in total. The first-order valence-electron chi connectivity index (χ1n) is 13.0. The smallest absolute Gasteiger partial charge is 0.339 e. The molecule has 0 unspecified atom stereocenters. The minimum Gasteiger partial charge on any atom is -0.478 e. The molecule has 2 aromatic heterocycles. The molecular formula is C29H32FN5O3. The van der Waals surface area contributed by atoms with Crippen molar-refractivity contribution < 1.29 is 19.1 Å². The molecule has 0 atom stereocenters. The van der Waals surface area contributed by atoms with Crippen molar-refractivity contribution in [3.8, 4) is 16.8 Å². The van der Waals surface area contributed by atoms with Crippen molar-refractivity contribution in [2.45, 2.75) is 58.3 Å². The molecule has 0 saturated heterocycles. The molecule has 0 saturated carbocycles. The molecule has 0 amide bonds. The van der Waals surface area contributed by atoms with Crippen LogP contribution in [0.2, 0.25) is 0 Å². The number of hydrogen-bond donors (Lipinski definition) is 1. The number of ketones is 1. The molecule has 2 aromatic carbocycles. The van der Waals surface area contributed by atoms with Crippen LogP contribution in [0, 0.1) is 5.82 Å². The average molecular weight is 518 g/mol. The highest BCUT2D eigenvalue weighted by molar-refractivity contribution is 5.97. The molecule has 0 spiro atoms. The molecule has 0 bridgehead atoms. The van der Waals surface area contributed by atoms with E-state index in [0.29, 0.717) is 41.8 Å². The lowest BCUT2D eigenvalue weighted by molar-refractivity contribution is 0.0695. The Kier molecular flexibility index (Phi) is 8.78. The summed E-state index contributed by atoms with van der Waals surface area (Å²) >= 11 is 0. The van der Waals surface area contributed by atoms with Crippen LogP contribution in [0.1, 0.15) is 77.6 Å². The number of unbranched alkanes of at least 4 members (excludes halogenated alkanes) is 4. The topological polar surface area (TPSA) is 103 Å². The molecule has 1 N–H and O–H groups in total. The fraction of sp³-hybridized carbons (Fsp3) is 0.345. The number of halogens is 1. The quantitative estimate of drug-likeness (QED) is 0.177. The predicted molar refractivity (Wildman–Crippen MR) is 142 cm³/mol. The second-order valence-electron chi connectivity index (χ2n) is 9.41. The summed E-state index contributed by atoms with van der Waals surface area (Å²) < 4.78 is 18.7. The fourth-order valence-corrected chi connectivity index (χ4v) is 4.57. The monoisotopic (exact) mass is 517 g/mol. The Labute approximate surface area is 221 Å². The van der Waals surface area contributed by atoms with Crippen molar-refractivity contribution in [2.24, 2.45) is 7.05 Å². The normalized spacial score (nSPS) is 11.1. The Morgan fingerprint density at radius 2 is 1.79 bits per heavy atom. The zero-order valence-electron chi connectivity index (χ0n) is 21.7. The summed E-state index contributed by atoms with van der Waals surface area (Å²) in [5.41, 5.74) is 2.92. The second-order valence-corrected chi connectivity index (χ2v) is 9.41. The van der Waals surface area contributed by atoms with Gasteiger partial charge in [0, 0.05) is 25.2 Å². The van der Waals surface area contributed by atoms with E-state index < -0.39 is 11.8 Å². The van der Waals surface area contributed by atoms with E-state index in [1.165, 1.54) is 12.3 Å². The molecular weight excluding hydrogens is 485 g/mol. The van der Waals surface area contributed by atoms with Crippen LogP contribution >= 0.6 is 0 Å². The summed E-state index contributed by atoms with van der Waals surface area (Å²) in [5, 5.41) is 22.0. The number of aromatic carboxylic acids is 1. The van der Waals surface area contributed by atoms with Crippen LogP contribution in [0.25, 0.3) is 16.8 Å². The largest absolute Gasteiger partial charge is 0.478 e. The molecule has 4 rings (SSSR count). The lowest BCUT2D eigenvalue weighted by atomic mass is 9.97. The van der Waals surface area contributed by atoms with Gasteiger partial charge in [-0.15, -0.1) is 5.10 Å². The number of aryl methyl sites for hydroxylation is 2. The van der Waals surface area contributed by atoms with Gasteiger partial charge >= 0.3 is 5.97 Å². The summed E-state index contributed by atoms with van der Waals surface area (Å²) in [4.78, 5) is 24.6. The van der Waals surface area contributed by atoms with Gasteiger partial charge in [-0.05, 0) is 43.0 Å². The maximum absolute atomic E-state index is 15.5. The Bertz CT molecular complexity index is 1430. The van der Waals surface area contributed by atoms with Gasteiger partial charge in [-0.1, -0.05) is 62.1 Å². The Balaban J connectivity index is 1.60. The van der Waals surface area contributed by atoms with Crippen LogP contribution in [0.4, 0.5) is 4.39 Å². The lowest BCUT2D eigenvalue weighted by Crippen LogP contribution is -2.08. The Morgan fingerprint density at radius 3 is 2.53 bits per heavy atom. The van der Waals surface area contributed by atoms with E-state index in [4.69, 9.17) is 0 Å². The molecule has 0 aliphatic rings. The van der Waals surface area contributed by atoms with Crippen molar-refractivity contribution in [1.82, 2.24) is 24.8 Å². The third-order valence-electron chi connectivity index (χ3n) is 6.58. The molecule has 9 heteroatoms. The molecule has 2 heterocycles. The maximum atomic E-state index is 15.5. The summed E-state index contributed by atoms with van der Waals surface area (Å²) in [6, 6.07) is 11.9. The van der Waals surface area contributed by atoms with E-state index in [9.17, 15) is 14.7 Å². The Morgan fingerprint density at radius 1 is 1.00 bits per heavy atom. The standard InChI is InChI=1S/C29H32FN5O3/c1-3-4-5-6-7-14-27(36)24-13-9-12-23(28(24)30)20-10-8-11-22(17-20)35-26(25(18-31-35)29(37)38)16-15-21-19-34(2)33-32-21/h8-13,17-19H,3-7,14-16H2,1-2H3,(H,37,38). The second kappa shape index (κ2) is 12.4. The fourth-order valence-electron chi connectivity index (χ4n) is 4.57. The molecule has 0 aliphatic heterocycles. The van der Waals surface area contributed by atoms with Crippen LogP contribution < -0.4 is 0 Å². The van der Waals surface area contributed by atoms with Gasteiger partial charge in [0.15, 0.2) is 5.78 Å². The highest BCUT2D eigenvalue weighted by Crippen LogP contribution is 2.28. The molecule has 0 fully saturated rings. The van der Waals surface area contributed by atoms with E-state index in [1.54, 1.807) is 59.0 Å². The number of nitrogens with zero attached hydrogens (tertiary/aromatic N) is 5. The maximum Gasteiger partial charge on any atom is 0.339 e. The van der Waals surface area contributed by atoms with Crippen molar-refractivity contribution in [3.05, 3.63) is 83.2 Å². The van der Waals surface area contributed by atoms with Gasteiger partial charge in [-0.2, -0.15) is 5.10 Å². The van der Waals surface area contributed by atoms with E-state index in [2.05, 4.69) is 22.3 Å². The van der Waals surface area contributed by atoms with Crippen molar-refractivity contribution in [2.75, 3.05) is 0 Å². The number of hydrogen-bond acceptors (Lipinski definition) is 5. The summed E-state index contributed by atoms with van der Waals surface area (Å²) in [7, 11) is 1.77. The van der Waals surface area contributed by atoms with Gasteiger partial charge in [-0.3, -0.25) is 9.48 Å². The third kappa shape index (κ3) is 6.22. The van der Waals surface area contributed by atoms with Gasteiger partial charge in [0.05, 0.1) is 28.8 Å². The van der Waals surface area contributed by atoms with Crippen LogP contribution in [-0.2, 0) is 19.9 Å². The number of carboxylic acids is 1. The molecule has 38 heavy (non-hydrogen) atoms. The number of carboxylic acid groups (broad SMARTS) is 1. The highest BCUT2D eigenvalue weighted by atomic mass is 19.1. The summed E-state index contributed by atoms with van der Waals surface area (Å²) in [6.45, 7) is 2.14. The van der Waals surface area contributed by atoms with E-state index >= 15 is 4.39 Å². The zero-order valence-corrected chi connectivity index (χ0v) is 21.7. The van der Waals surface area contributed by atoms with Crippen LogP contribution in [-0.4, -0.2) is 41.6 Å². The van der Waals surface area contributed by atoms with Crippen LogP contribution in [0.3, 0.4) is 0 Å². The van der Waals surface area contributed by atoms with E-state index in [1.807, 2.05) is 0 Å². The zero-order chi connectivity index (χ0) is 27.1. The number of carbonyl (C=O) groups excluding carboxylic acids is 1. The summed E-state index contributed by atoms with van der Waals surface area (Å²) in [6.07, 6.45) is 9.35.